The van der Waals surface area contributed by atoms with E-state index in [-0.39, 0.29) is 18.5 Å². The summed E-state index contributed by atoms with van der Waals surface area (Å²) in [6.45, 7) is 4.87. The fourth-order valence-electron chi connectivity index (χ4n) is 8.45. The average molecular weight is 874 g/mol. The molecule has 0 saturated heterocycles. The van der Waals surface area contributed by atoms with Gasteiger partial charge < -0.3 is 20.3 Å². The van der Waals surface area contributed by atoms with Gasteiger partial charge in [-0.15, -0.1) is 0 Å². The summed E-state index contributed by atoms with van der Waals surface area (Å²) in [5.74, 6) is -0.0627. The van der Waals surface area contributed by atoms with Gasteiger partial charge in [-0.25, -0.2) is 0 Å². The van der Waals surface area contributed by atoms with Crippen molar-refractivity contribution < 1.29 is 24.5 Å². The van der Waals surface area contributed by atoms with Crippen molar-refractivity contribution in [2.24, 2.45) is 0 Å². The molecule has 62 heavy (non-hydrogen) atoms. The second-order valence-corrected chi connectivity index (χ2v) is 18.9. The van der Waals surface area contributed by atoms with Gasteiger partial charge in [0.15, 0.2) is 0 Å². The first-order valence-corrected chi connectivity index (χ1v) is 27.6. The predicted molar refractivity (Wildman–Crippen MR) is 269 cm³/mol. The third kappa shape index (κ3) is 47.8. The molecule has 0 spiro atoms. The van der Waals surface area contributed by atoms with Crippen LogP contribution in [-0.2, 0) is 14.3 Å². The van der Waals surface area contributed by atoms with Crippen molar-refractivity contribution in [3.8, 4) is 0 Å². The highest BCUT2D eigenvalue weighted by Gasteiger charge is 2.18. The Labute approximate surface area is 386 Å². The third-order valence-electron chi connectivity index (χ3n) is 12.7. The minimum absolute atomic E-state index is 0.0124. The van der Waals surface area contributed by atoms with Gasteiger partial charge in [0, 0.05) is 12.8 Å². The number of hydrogen-bond acceptors (Lipinski definition) is 5. The Morgan fingerprint density at radius 1 is 0.435 bits per heavy atom. The Bertz CT molecular complexity index is 966. The Balaban J connectivity index is 3.39. The zero-order chi connectivity index (χ0) is 45.1. The van der Waals surface area contributed by atoms with Crippen LogP contribution in [0.2, 0.25) is 0 Å². The molecule has 0 aromatic rings. The minimum atomic E-state index is -0.844. The quantitative estimate of drug-likeness (QED) is 0.0321. The van der Waals surface area contributed by atoms with Crippen LogP contribution in [0.15, 0.2) is 24.3 Å². The molecule has 0 aromatic heterocycles. The number of nitrogens with one attached hydrogen (secondary N) is 1. The van der Waals surface area contributed by atoms with Gasteiger partial charge in [0.05, 0.1) is 25.4 Å². The summed E-state index contributed by atoms with van der Waals surface area (Å²) in [6, 6.07) is -0.628. The molecule has 0 aliphatic rings. The lowest BCUT2D eigenvalue weighted by atomic mass is 10.0. The first-order chi connectivity index (χ1) is 30.5. The number of aliphatic hydroxyl groups excluding tert-OH is 2. The molecule has 0 aromatic carbocycles. The summed E-state index contributed by atoms with van der Waals surface area (Å²) in [5.41, 5.74) is 0. The number of ether oxygens (including phenoxy) is 1. The lowest BCUT2D eigenvalue weighted by Gasteiger charge is -2.20. The number of allylic oxidation sites excluding steroid dienone is 3. The van der Waals surface area contributed by atoms with Gasteiger partial charge in [-0.3, -0.25) is 9.59 Å². The molecule has 1 amide bonds. The van der Waals surface area contributed by atoms with E-state index >= 15 is 0 Å². The SMILES string of the molecule is CCCCCCCCC/C=C/C(O)C(CO)NC(=O)CCCCCCCCCC/C=C\CCCCCCCCCCCCCCOC(=O)CCCCCCCCCCCCCC. The minimum Gasteiger partial charge on any atom is -0.466 e. The summed E-state index contributed by atoms with van der Waals surface area (Å²) < 4.78 is 5.47. The van der Waals surface area contributed by atoms with Gasteiger partial charge in [-0.1, -0.05) is 250 Å². The fourth-order valence-corrected chi connectivity index (χ4v) is 8.45. The lowest BCUT2D eigenvalue weighted by Crippen LogP contribution is -2.45. The molecule has 0 aliphatic carbocycles. The molecule has 366 valence electrons. The number of hydrogen-bond donors (Lipinski definition) is 3. The number of carbonyl (C=O) groups is 2. The van der Waals surface area contributed by atoms with Crippen LogP contribution in [0.4, 0.5) is 0 Å². The monoisotopic (exact) mass is 874 g/mol. The average Bonchev–Trinajstić information content (AvgIpc) is 3.27. The Morgan fingerprint density at radius 3 is 1.15 bits per heavy atom. The summed E-state index contributed by atoms with van der Waals surface area (Å²) in [7, 11) is 0. The summed E-state index contributed by atoms with van der Waals surface area (Å²) in [4.78, 5) is 24.4. The number of esters is 1. The molecule has 6 nitrogen and oxygen atoms in total. The van der Waals surface area contributed by atoms with E-state index in [1.807, 2.05) is 6.08 Å². The second-order valence-electron chi connectivity index (χ2n) is 18.9. The number of rotatable bonds is 51. The first-order valence-electron chi connectivity index (χ1n) is 27.6. The van der Waals surface area contributed by atoms with Crippen molar-refractivity contribution in [2.45, 2.75) is 309 Å². The normalized spacial score (nSPS) is 12.8. The summed E-state index contributed by atoms with van der Waals surface area (Å²) in [5, 5.41) is 22.9. The molecular formula is C56H107NO5. The highest BCUT2D eigenvalue weighted by Crippen LogP contribution is 2.16. The van der Waals surface area contributed by atoms with Crippen LogP contribution in [0.3, 0.4) is 0 Å². The molecule has 0 fully saturated rings. The summed E-state index contributed by atoms with van der Waals surface area (Å²) >= 11 is 0. The van der Waals surface area contributed by atoms with E-state index in [2.05, 4.69) is 31.3 Å². The molecule has 0 rings (SSSR count). The van der Waals surface area contributed by atoms with E-state index in [0.717, 1.165) is 38.5 Å². The highest BCUT2D eigenvalue weighted by atomic mass is 16.5. The number of aliphatic hydroxyl groups is 2. The molecule has 0 saturated carbocycles. The van der Waals surface area contributed by atoms with Crippen LogP contribution in [0.25, 0.3) is 0 Å². The van der Waals surface area contributed by atoms with Gasteiger partial charge in [-0.05, 0) is 57.8 Å². The van der Waals surface area contributed by atoms with Crippen molar-refractivity contribution in [2.75, 3.05) is 13.2 Å². The highest BCUT2D eigenvalue weighted by molar-refractivity contribution is 5.76. The molecule has 2 unspecified atom stereocenters. The first kappa shape index (κ1) is 60.3. The van der Waals surface area contributed by atoms with E-state index in [1.54, 1.807) is 6.08 Å². The number of amides is 1. The topological polar surface area (TPSA) is 95.9 Å². The van der Waals surface area contributed by atoms with Crippen molar-refractivity contribution >= 4 is 11.9 Å². The zero-order valence-electron chi connectivity index (χ0n) is 41.6. The third-order valence-corrected chi connectivity index (χ3v) is 12.7. The standard InChI is InChI=1S/C56H107NO5/c1-3-5-7-9-11-13-14-30-34-38-42-46-50-56(61)62-51-47-43-39-35-31-28-26-24-22-20-18-16-15-17-19-21-23-25-27-29-33-37-41-45-49-55(60)57-53(52-58)54(59)48-44-40-36-32-12-10-8-6-4-2/h17,19,44,48,53-54,58-59H,3-16,18,20-43,45-47,49-52H2,1-2H3,(H,57,60)/b19-17-,48-44+. The van der Waals surface area contributed by atoms with Gasteiger partial charge >= 0.3 is 5.97 Å². The van der Waals surface area contributed by atoms with Crippen LogP contribution < -0.4 is 5.32 Å². The molecule has 0 aliphatic heterocycles. The summed E-state index contributed by atoms with van der Waals surface area (Å²) in [6.07, 6.45) is 62.1. The van der Waals surface area contributed by atoms with E-state index < -0.39 is 12.1 Å². The van der Waals surface area contributed by atoms with Gasteiger partial charge in [0.25, 0.3) is 0 Å². The van der Waals surface area contributed by atoms with E-state index in [4.69, 9.17) is 4.74 Å². The van der Waals surface area contributed by atoms with Crippen LogP contribution in [0.5, 0.6) is 0 Å². The van der Waals surface area contributed by atoms with Crippen LogP contribution in [0, 0.1) is 0 Å². The second kappa shape index (κ2) is 52.0. The maximum Gasteiger partial charge on any atom is 0.305 e. The smallest absolute Gasteiger partial charge is 0.305 e. The fraction of sp³-hybridized carbons (Fsp3) is 0.893. The molecular weight excluding hydrogens is 767 g/mol. The van der Waals surface area contributed by atoms with Crippen LogP contribution in [0.1, 0.15) is 296 Å². The maximum atomic E-state index is 12.4. The number of unbranched alkanes of at least 4 members (excludes halogenated alkanes) is 38. The van der Waals surface area contributed by atoms with E-state index in [1.165, 1.54) is 231 Å². The molecule has 0 bridgehead atoms. The molecule has 6 heteroatoms. The van der Waals surface area contributed by atoms with Crippen molar-refractivity contribution in [3.05, 3.63) is 24.3 Å². The van der Waals surface area contributed by atoms with Crippen molar-refractivity contribution in [1.29, 1.82) is 0 Å². The zero-order valence-corrected chi connectivity index (χ0v) is 41.6. The van der Waals surface area contributed by atoms with Crippen LogP contribution >= 0.6 is 0 Å². The molecule has 3 N–H and O–H groups in total. The number of carbonyl (C=O) groups excluding carboxylic acids is 2. The Hall–Kier alpha value is -1.66. The van der Waals surface area contributed by atoms with Gasteiger partial charge in [-0.2, -0.15) is 0 Å². The molecule has 0 heterocycles. The van der Waals surface area contributed by atoms with Crippen molar-refractivity contribution in [1.82, 2.24) is 5.32 Å². The van der Waals surface area contributed by atoms with Gasteiger partial charge in [0.2, 0.25) is 5.91 Å². The van der Waals surface area contributed by atoms with Gasteiger partial charge in [0.1, 0.15) is 0 Å². The van der Waals surface area contributed by atoms with Crippen LogP contribution in [-0.4, -0.2) is 47.4 Å². The van der Waals surface area contributed by atoms with Crippen molar-refractivity contribution in [3.63, 3.8) is 0 Å². The van der Waals surface area contributed by atoms with E-state index in [0.29, 0.717) is 19.4 Å². The Kier molecular flexibility index (Phi) is 50.6. The maximum absolute atomic E-state index is 12.4. The largest absolute Gasteiger partial charge is 0.466 e. The molecule has 0 radical (unpaired) electrons. The lowest BCUT2D eigenvalue weighted by molar-refractivity contribution is -0.143. The molecule has 2 atom stereocenters. The van der Waals surface area contributed by atoms with E-state index in [9.17, 15) is 19.8 Å². The predicted octanol–water partition coefficient (Wildman–Crippen LogP) is 16.7. The Morgan fingerprint density at radius 2 is 0.758 bits per heavy atom.